The molecule has 1 aliphatic heterocycles. The van der Waals surface area contributed by atoms with Gasteiger partial charge in [0.1, 0.15) is 5.82 Å². The average molecular weight is 361 g/mol. The molecule has 132 valence electrons. The quantitative estimate of drug-likeness (QED) is 0.826. The van der Waals surface area contributed by atoms with E-state index in [9.17, 15) is 9.18 Å². The summed E-state index contributed by atoms with van der Waals surface area (Å²) >= 11 is 6.43. The number of hydrogen-bond donors (Lipinski definition) is 0. The minimum absolute atomic E-state index is 0.0389. The third-order valence-corrected chi connectivity index (χ3v) is 4.88. The molecule has 1 saturated heterocycles. The maximum atomic E-state index is 13.3. The van der Waals surface area contributed by atoms with Crippen molar-refractivity contribution < 1.29 is 9.18 Å². The van der Waals surface area contributed by atoms with Gasteiger partial charge in [-0.2, -0.15) is 0 Å². The highest BCUT2D eigenvalue weighted by atomic mass is 35.5. The van der Waals surface area contributed by atoms with E-state index in [2.05, 4.69) is 17.9 Å². The molecule has 2 aromatic carbocycles. The van der Waals surface area contributed by atoms with Crippen molar-refractivity contribution >= 4 is 23.2 Å². The molecule has 0 aromatic heterocycles. The molecule has 5 heteroatoms. The minimum atomic E-state index is -0.306. The fraction of sp³-hybridized carbons (Fsp3) is 0.350. The summed E-state index contributed by atoms with van der Waals surface area (Å²) in [7, 11) is 0. The fourth-order valence-corrected chi connectivity index (χ4v) is 3.86. The third-order valence-electron chi connectivity index (χ3n) is 4.59. The monoisotopic (exact) mass is 360 g/mol. The van der Waals surface area contributed by atoms with Crippen molar-refractivity contribution in [2.45, 2.75) is 20.3 Å². The first-order valence-corrected chi connectivity index (χ1v) is 8.86. The van der Waals surface area contributed by atoms with Gasteiger partial charge in [0.25, 0.3) is 0 Å². The average Bonchev–Trinajstić information content (AvgIpc) is 2.54. The van der Waals surface area contributed by atoms with Crippen LogP contribution in [0.5, 0.6) is 0 Å². The second kappa shape index (κ2) is 7.44. The Morgan fingerprint density at radius 1 is 1.12 bits per heavy atom. The molecule has 0 unspecified atom stereocenters. The maximum absolute atomic E-state index is 13.3. The zero-order chi connectivity index (χ0) is 18.0. The normalized spacial score (nSPS) is 14.7. The van der Waals surface area contributed by atoms with Crippen LogP contribution >= 0.6 is 11.6 Å². The summed E-state index contributed by atoms with van der Waals surface area (Å²) in [5.74, 6) is -0.267. The van der Waals surface area contributed by atoms with Crippen LogP contribution in [0.4, 0.5) is 10.1 Å². The Morgan fingerprint density at radius 3 is 2.48 bits per heavy atom. The van der Waals surface area contributed by atoms with Crippen LogP contribution in [0.25, 0.3) is 0 Å². The zero-order valence-electron chi connectivity index (χ0n) is 14.6. The fourth-order valence-electron chi connectivity index (χ4n) is 3.42. The van der Waals surface area contributed by atoms with E-state index in [1.165, 1.54) is 12.1 Å². The summed E-state index contributed by atoms with van der Waals surface area (Å²) in [6, 6.07) is 10.3. The SMILES string of the molecule is Cc1cc(C)c(N2CCN(C(=O)Cc3cccc(F)c3)CC2)c(Cl)c1. The van der Waals surface area contributed by atoms with Gasteiger partial charge in [-0.3, -0.25) is 4.79 Å². The Morgan fingerprint density at radius 2 is 1.84 bits per heavy atom. The van der Waals surface area contributed by atoms with E-state index in [-0.39, 0.29) is 18.1 Å². The van der Waals surface area contributed by atoms with Crippen LogP contribution in [-0.4, -0.2) is 37.0 Å². The van der Waals surface area contributed by atoms with Crippen LogP contribution in [0.15, 0.2) is 36.4 Å². The van der Waals surface area contributed by atoms with Gasteiger partial charge in [0.2, 0.25) is 5.91 Å². The molecule has 3 rings (SSSR count). The van der Waals surface area contributed by atoms with Crippen molar-refractivity contribution in [3.8, 4) is 0 Å². The first-order valence-electron chi connectivity index (χ1n) is 8.48. The Hall–Kier alpha value is -2.07. The van der Waals surface area contributed by atoms with Crippen molar-refractivity contribution in [3.63, 3.8) is 0 Å². The van der Waals surface area contributed by atoms with Crippen LogP contribution < -0.4 is 4.90 Å². The van der Waals surface area contributed by atoms with Gasteiger partial charge in [-0.25, -0.2) is 4.39 Å². The Balaban J connectivity index is 1.63. The lowest BCUT2D eigenvalue weighted by atomic mass is 10.1. The maximum Gasteiger partial charge on any atom is 0.227 e. The van der Waals surface area contributed by atoms with Gasteiger partial charge < -0.3 is 9.80 Å². The van der Waals surface area contributed by atoms with E-state index in [0.29, 0.717) is 18.7 Å². The highest BCUT2D eigenvalue weighted by Gasteiger charge is 2.23. The zero-order valence-corrected chi connectivity index (χ0v) is 15.3. The van der Waals surface area contributed by atoms with Crippen molar-refractivity contribution in [1.82, 2.24) is 4.90 Å². The van der Waals surface area contributed by atoms with Gasteiger partial charge in [0.15, 0.2) is 0 Å². The number of rotatable bonds is 3. The van der Waals surface area contributed by atoms with Crippen LogP contribution in [0.1, 0.15) is 16.7 Å². The van der Waals surface area contributed by atoms with E-state index in [0.717, 1.165) is 34.9 Å². The summed E-state index contributed by atoms with van der Waals surface area (Å²) < 4.78 is 13.3. The second-order valence-corrected chi connectivity index (χ2v) is 6.99. The van der Waals surface area contributed by atoms with Gasteiger partial charge in [-0.1, -0.05) is 29.8 Å². The predicted octanol–water partition coefficient (Wildman–Crippen LogP) is 3.99. The molecule has 1 fully saturated rings. The molecule has 1 amide bonds. The Bertz CT molecular complexity index is 762. The van der Waals surface area contributed by atoms with Gasteiger partial charge in [-0.15, -0.1) is 0 Å². The van der Waals surface area contributed by atoms with Gasteiger partial charge in [0.05, 0.1) is 17.1 Å². The lowest BCUT2D eigenvalue weighted by Crippen LogP contribution is -2.49. The molecule has 1 aliphatic rings. The van der Waals surface area contributed by atoms with Crippen LogP contribution in [-0.2, 0) is 11.2 Å². The smallest absolute Gasteiger partial charge is 0.227 e. The molecule has 3 nitrogen and oxygen atoms in total. The summed E-state index contributed by atoms with van der Waals surface area (Å²) in [4.78, 5) is 16.5. The van der Waals surface area contributed by atoms with E-state index in [1.807, 2.05) is 17.9 Å². The first kappa shape index (κ1) is 17.7. The summed E-state index contributed by atoms with van der Waals surface area (Å²) in [5, 5.41) is 0.761. The number of amides is 1. The van der Waals surface area contributed by atoms with Crippen molar-refractivity contribution in [2.24, 2.45) is 0 Å². The summed E-state index contributed by atoms with van der Waals surface area (Å²) in [5.41, 5.74) is 4.08. The highest BCUT2D eigenvalue weighted by molar-refractivity contribution is 6.33. The molecular weight excluding hydrogens is 339 g/mol. The lowest BCUT2D eigenvalue weighted by Gasteiger charge is -2.37. The molecule has 0 spiro atoms. The molecule has 0 radical (unpaired) electrons. The van der Waals surface area contributed by atoms with Crippen molar-refractivity contribution in [2.75, 3.05) is 31.1 Å². The van der Waals surface area contributed by atoms with Crippen molar-refractivity contribution in [3.05, 3.63) is 63.9 Å². The highest BCUT2D eigenvalue weighted by Crippen LogP contribution is 2.31. The number of benzene rings is 2. The third kappa shape index (κ3) is 4.13. The van der Waals surface area contributed by atoms with E-state index in [1.54, 1.807) is 12.1 Å². The van der Waals surface area contributed by atoms with E-state index < -0.39 is 0 Å². The number of piperazine rings is 1. The minimum Gasteiger partial charge on any atom is -0.367 e. The van der Waals surface area contributed by atoms with Crippen molar-refractivity contribution in [1.29, 1.82) is 0 Å². The molecule has 1 heterocycles. The van der Waals surface area contributed by atoms with Crippen LogP contribution in [0, 0.1) is 19.7 Å². The molecule has 0 N–H and O–H groups in total. The molecule has 0 bridgehead atoms. The molecule has 25 heavy (non-hydrogen) atoms. The van der Waals surface area contributed by atoms with E-state index >= 15 is 0 Å². The molecular formula is C20H22ClFN2O. The largest absolute Gasteiger partial charge is 0.367 e. The Labute approximate surface area is 153 Å². The number of carbonyl (C=O) groups excluding carboxylic acids is 1. The Kier molecular flexibility index (Phi) is 5.28. The van der Waals surface area contributed by atoms with Gasteiger partial charge >= 0.3 is 0 Å². The van der Waals surface area contributed by atoms with Gasteiger partial charge in [0, 0.05) is 26.2 Å². The number of nitrogens with zero attached hydrogens (tertiary/aromatic N) is 2. The second-order valence-electron chi connectivity index (χ2n) is 6.59. The van der Waals surface area contributed by atoms with Gasteiger partial charge in [-0.05, 0) is 48.7 Å². The predicted molar refractivity (Wildman–Crippen MR) is 99.8 cm³/mol. The number of hydrogen-bond acceptors (Lipinski definition) is 2. The molecule has 0 saturated carbocycles. The molecule has 2 aromatic rings. The number of aryl methyl sites for hydroxylation is 2. The van der Waals surface area contributed by atoms with E-state index in [4.69, 9.17) is 11.6 Å². The van der Waals surface area contributed by atoms with Crippen LogP contribution in [0.2, 0.25) is 5.02 Å². The molecule has 0 atom stereocenters. The number of halogens is 2. The molecule has 0 aliphatic carbocycles. The number of anilines is 1. The topological polar surface area (TPSA) is 23.6 Å². The summed E-state index contributed by atoms with van der Waals surface area (Å²) in [6.07, 6.45) is 0.238. The lowest BCUT2D eigenvalue weighted by molar-refractivity contribution is -0.130. The number of carbonyl (C=O) groups is 1. The standard InChI is InChI=1S/C20H22ClFN2O/c1-14-10-15(2)20(18(21)11-14)24-8-6-23(7-9-24)19(25)13-16-4-3-5-17(22)12-16/h3-5,10-12H,6-9,13H2,1-2H3. The first-order chi connectivity index (χ1) is 11.9. The summed E-state index contributed by atoms with van der Waals surface area (Å²) in [6.45, 7) is 6.90. The van der Waals surface area contributed by atoms with Crippen LogP contribution in [0.3, 0.4) is 0 Å².